The van der Waals surface area contributed by atoms with E-state index in [0.717, 1.165) is 11.8 Å². The van der Waals surface area contributed by atoms with Crippen LogP contribution in [-0.2, 0) is 30.4 Å². The van der Waals surface area contributed by atoms with E-state index in [1.165, 1.54) is 24.3 Å². The van der Waals surface area contributed by atoms with Crippen LogP contribution >= 0.6 is 0 Å². The number of carbonyl (C=O) groups excluding carboxylic acids is 4. The summed E-state index contributed by atoms with van der Waals surface area (Å²) in [6.07, 6.45) is -3.46. The molecule has 0 unspecified atom stereocenters. The lowest BCUT2D eigenvalue weighted by molar-refractivity contribution is -0.0863. The Kier molecular flexibility index (Phi) is 12.6. The predicted octanol–water partition coefficient (Wildman–Crippen LogP) is 6.72. The lowest BCUT2D eigenvalue weighted by Crippen LogP contribution is -2.48. The third-order valence-electron chi connectivity index (χ3n) is 7.21. The van der Waals surface area contributed by atoms with E-state index in [1.54, 1.807) is 97.1 Å². The fraction of sp³-hybridized carbons (Fsp3) is 0.125. The Labute approximate surface area is 288 Å². The van der Waals surface area contributed by atoms with Crippen LogP contribution < -0.4 is 0 Å². The van der Waals surface area contributed by atoms with Gasteiger partial charge >= 0.3 is 23.9 Å². The second-order valence-corrected chi connectivity index (χ2v) is 10.8. The minimum Gasteiger partial charge on any atom is -0.458 e. The number of hydrogen-bond donors (Lipinski definition) is 0. The Morgan fingerprint density at radius 1 is 0.500 bits per heavy atom. The van der Waals surface area contributed by atoms with E-state index in [9.17, 15) is 19.2 Å². The van der Waals surface area contributed by atoms with E-state index in [0.29, 0.717) is 0 Å². The molecular formula is C40H33NO9. The quantitative estimate of drug-likeness (QED) is 0.0516. The van der Waals surface area contributed by atoms with Crippen LogP contribution in [0.2, 0.25) is 0 Å². The number of hydrogen-bond acceptors (Lipinski definition) is 10. The van der Waals surface area contributed by atoms with Gasteiger partial charge in [-0.1, -0.05) is 108 Å². The molecule has 0 spiro atoms. The molecule has 50 heavy (non-hydrogen) atoms. The van der Waals surface area contributed by atoms with Crippen molar-refractivity contribution in [2.75, 3.05) is 6.61 Å². The number of rotatable bonds is 15. The molecule has 0 bridgehead atoms. The number of oxime groups is 1. The number of benzene rings is 5. The first-order valence-corrected chi connectivity index (χ1v) is 15.7. The summed E-state index contributed by atoms with van der Waals surface area (Å²) in [6, 6.07) is 41.7. The molecule has 0 aliphatic carbocycles. The SMILES string of the molecule is O=C(OC[C@@H](OC(=O)c1ccccc1)[C@@H](OC(=O)c1ccccc1)[C@@H](/C=N/OCc1ccccc1)OC(=O)c1ccccc1)c1ccccc1. The molecule has 10 heteroatoms. The number of ether oxygens (including phenoxy) is 4. The Bertz CT molecular complexity index is 1850. The minimum absolute atomic E-state index is 0.0757. The summed E-state index contributed by atoms with van der Waals surface area (Å²) in [5.41, 5.74) is 1.59. The molecule has 0 aromatic heterocycles. The second-order valence-electron chi connectivity index (χ2n) is 10.8. The lowest BCUT2D eigenvalue weighted by Gasteiger charge is -2.30. The van der Waals surface area contributed by atoms with Crippen molar-refractivity contribution in [3.8, 4) is 0 Å². The molecular weight excluding hydrogens is 638 g/mol. The number of nitrogens with zero attached hydrogens (tertiary/aromatic N) is 1. The molecule has 252 valence electrons. The summed E-state index contributed by atoms with van der Waals surface area (Å²) in [4.78, 5) is 59.0. The third-order valence-corrected chi connectivity index (χ3v) is 7.21. The highest BCUT2D eigenvalue weighted by molar-refractivity contribution is 5.92. The molecule has 0 N–H and O–H groups in total. The molecule has 5 aromatic rings. The highest BCUT2D eigenvalue weighted by atomic mass is 16.6. The summed E-state index contributed by atoms with van der Waals surface area (Å²) in [5, 5.41) is 4.04. The van der Waals surface area contributed by atoms with Crippen LogP contribution in [0.3, 0.4) is 0 Å². The zero-order chi connectivity index (χ0) is 35.0. The van der Waals surface area contributed by atoms with Crippen molar-refractivity contribution >= 4 is 30.1 Å². The van der Waals surface area contributed by atoms with Gasteiger partial charge in [0.2, 0.25) is 0 Å². The van der Waals surface area contributed by atoms with Crippen molar-refractivity contribution < 1.29 is 43.0 Å². The third kappa shape index (κ3) is 10.2. The van der Waals surface area contributed by atoms with Crippen LogP contribution in [-0.4, -0.2) is 55.0 Å². The van der Waals surface area contributed by atoms with Crippen LogP contribution in [0.25, 0.3) is 0 Å². The van der Waals surface area contributed by atoms with Gasteiger partial charge in [0.1, 0.15) is 13.2 Å². The maximum Gasteiger partial charge on any atom is 0.338 e. The zero-order valence-electron chi connectivity index (χ0n) is 26.8. The van der Waals surface area contributed by atoms with E-state index < -0.39 is 48.8 Å². The Morgan fingerprint density at radius 3 is 1.38 bits per heavy atom. The number of esters is 4. The van der Waals surface area contributed by atoms with Gasteiger partial charge in [-0.3, -0.25) is 0 Å². The normalized spacial score (nSPS) is 12.6. The zero-order valence-corrected chi connectivity index (χ0v) is 26.8. The first kappa shape index (κ1) is 34.8. The highest BCUT2D eigenvalue weighted by Gasteiger charge is 2.39. The van der Waals surface area contributed by atoms with Gasteiger partial charge in [0.25, 0.3) is 0 Å². The maximum absolute atomic E-state index is 13.6. The van der Waals surface area contributed by atoms with Crippen molar-refractivity contribution in [3.05, 3.63) is 179 Å². The van der Waals surface area contributed by atoms with Crippen molar-refractivity contribution in [2.45, 2.75) is 24.9 Å². The maximum atomic E-state index is 13.6. The monoisotopic (exact) mass is 671 g/mol. The molecule has 0 radical (unpaired) electrons. The van der Waals surface area contributed by atoms with Gasteiger partial charge in [0.05, 0.1) is 28.5 Å². The lowest BCUT2D eigenvalue weighted by atomic mass is 10.1. The van der Waals surface area contributed by atoms with Gasteiger partial charge in [0.15, 0.2) is 18.3 Å². The van der Waals surface area contributed by atoms with Crippen LogP contribution in [0, 0.1) is 0 Å². The average molecular weight is 672 g/mol. The van der Waals surface area contributed by atoms with E-state index >= 15 is 0 Å². The summed E-state index contributed by atoms with van der Waals surface area (Å²) >= 11 is 0. The fourth-order valence-corrected chi connectivity index (χ4v) is 4.65. The van der Waals surface area contributed by atoms with Crippen LogP contribution in [0.5, 0.6) is 0 Å². The van der Waals surface area contributed by atoms with Gasteiger partial charge in [0, 0.05) is 0 Å². The molecule has 0 aliphatic heterocycles. The van der Waals surface area contributed by atoms with Gasteiger partial charge in [-0.2, -0.15) is 0 Å². The molecule has 5 rings (SSSR count). The topological polar surface area (TPSA) is 127 Å². The highest BCUT2D eigenvalue weighted by Crippen LogP contribution is 2.20. The summed E-state index contributed by atoms with van der Waals surface area (Å²) < 4.78 is 23.3. The Morgan fingerprint density at radius 2 is 0.900 bits per heavy atom. The van der Waals surface area contributed by atoms with Crippen LogP contribution in [0.15, 0.2) is 157 Å². The summed E-state index contributed by atoms with van der Waals surface area (Å²) in [7, 11) is 0. The summed E-state index contributed by atoms with van der Waals surface area (Å²) in [6.45, 7) is -0.511. The van der Waals surface area contributed by atoms with Crippen molar-refractivity contribution in [2.24, 2.45) is 5.16 Å². The summed E-state index contributed by atoms with van der Waals surface area (Å²) in [5.74, 6) is -3.15. The first-order chi connectivity index (χ1) is 24.5. The van der Waals surface area contributed by atoms with Crippen molar-refractivity contribution in [1.29, 1.82) is 0 Å². The van der Waals surface area contributed by atoms with E-state index in [-0.39, 0.29) is 28.9 Å². The van der Waals surface area contributed by atoms with E-state index in [1.807, 2.05) is 30.3 Å². The fourth-order valence-electron chi connectivity index (χ4n) is 4.65. The Hall–Kier alpha value is -6.55. The van der Waals surface area contributed by atoms with Gasteiger partial charge in [-0.25, -0.2) is 19.2 Å². The molecule has 0 saturated heterocycles. The second kappa shape index (κ2) is 18.1. The molecule has 3 atom stereocenters. The Balaban J connectivity index is 1.51. The van der Waals surface area contributed by atoms with Gasteiger partial charge in [-0.05, 0) is 54.1 Å². The van der Waals surface area contributed by atoms with Crippen molar-refractivity contribution in [3.63, 3.8) is 0 Å². The van der Waals surface area contributed by atoms with Gasteiger partial charge < -0.3 is 23.8 Å². The molecule has 0 amide bonds. The predicted molar refractivity (Wildman–Crippen MR) is 183 cm³/mol. The van der Waals surface area contributed by atoms with Crippen LogP contribution in [0.4, 0.5) is 0 Å². The molecule has 5 aromatic carbocycles. The van der Waals surface area contributed by atoms with E-state index in [4.69, 9.17) is 23.8 Å². The molecule has 0 aliphatic rings. The largest absolute Gasteiger partial charge is 0.458 e. The van der Waals surface area contributed by atoms with E-state index in [2.05, 4.69) is 5.16 Å². The average Bonchev–Trinajstić information content (AvgIpc) is 3.18. The van der Waals surface area contributed by atoms with Crippen molar-refractivity contribution in [1.82, 2.24) is 0 Å². The molecule has 10 nitrogen and oxygen atoms in total. The van der Waals surface area contributed by atoms with Crippen LogP contribution in [0.1, 0.15) is 47.0 Å². The minimum atomic E-state index is -1.59. The molecule has 0 fully saturated rings. The molecule has 0 saturated carbocycles. The first-order valence-electron chi connectivity index (χ1n) is 15.7. The number of carbonyl (C=O) groups is 4. The molecule has 0 heterocycles. The van der Waals surface area contributed by atoms with Gasteiger partial charge in [-0.15, -0.1) is 0 Å². The standard InChI is InChI=1S/C40H33NO9/c42-37(30-18-8-2-9-19-30)46-28-35(49-39(44)32-22-12-4-13-23-32)36(50-40(45)33-24-14-5-15-25-33)34(48-38(43)31-20-10-3-11-21-31)26-41-47-27-29-16-6-1-7-17-29/h1-26,34-36H,27-28H2/b41-26+/t34-,35-,36+/m1/s1. The smallest absolute Gasteiger partial charge is 0.338 e.